The molecule has 2 heterocycles. The van der Waals surface area contributed by atoms with Gasteiger partial charge >= 0.3 is 0 Å². The van der Waals surface area contributed by atoms with E-state index in [9.17, 15) is 0 Å². The van der Waals surface area contributed by atoms with Crippen LogP contribution in [0.5, 0.6) is 0 Å². The first kappa shape index (κ1) is 12.3. The second kappa shape index (κ2) is 4.75. The molecule has 0 aliphatic carbocycles. The van der Waals surface area contributed by atoms with E-state index in [0.717, 1.165) is 26.8 Å². The Labute approximate surface area is 118 Å². The summed E-state index contributed by atoms with van der Waals surface area (Å²) in [7, 11) is 0. The summed E-state index contributed by atoms with van der Waals surface area (Å²) in [6, 6.07) is 9.68. The summed E-state index contributed by atoms with van der Waals surface area (Å²) in [6.45, 7) is 2.03. The summed E-state index contributed by atoms with van der Waals surface area (Å²) < 4.78 is 2.74. The molecule has 0 fully saturated rings. The van der Waals surface area contributed by atoms with Gasteiger partial charge < -0.3 is 5.11 Å². The first-order valence-corrected chi connectivity index (χ1v) is 6.70. The topological polar surface area (TPSA) is 50.4 Å². The van der Waals surface area contributed by atoms with Crippen molar-refractivity contribution in [1.82, 2.24) is 14.6 Å². The lowest BCUT2D eigenvalue weighted by atomic mass is 10.1. The molecule has 0 aliphatic heterocycles. The van der Waals surface area contributed by atoms with E-state index in [1.807, 2.05) is 37.3 Å². The fraction of sp³-hybridized carbons (Fsp3) is 0.143. The molecule has 0 radical (unpaired) electrons. The Balaban J connectivity index is 2.18. The van der Waals surface area contributed by atoms with Gasteiger partial charge in [-0.05, 0) is 30.2 Å². The maximum Gasteiger partial charge on any atom is 0.182 e. The molecule has 1 N–H and O–H groups in total. The zero-order valence-corrected chi connectivity index (χ0v) is 11.9. The number of aliphatic hydroxyl groups is 1. The van der Waals surface area contributed by atoms with E-state index in [2.05, 4.69) is 26.0 Å². The molecular formula is C14H12BrN3O. The molecule has 3 aromatic rings. The van der Waals surface area contributed by atoms with E-state index >= 15 is 0 Å². The maximum atomic E-state index is 9.13. The van der Waals surface area contributed by atoms with E-state index in [1.165, 1.54) is 0 Å². The van der Waals surface area contributed by atoms with Crippen LogP contribution in [0.1, 0.15) is 11.1 Å². The van der Waals surface area contributed by atoms with Gasteiger partial charge in [0.05, 0.1) is 6.61 Å². The fourth-order valence-corrected chi connectivity index (χ4v) is 2.35. The molecule has 2 aromatic heterocycles. The van der Waals surface area contributed by atoms with Gasteiger partial charge in [0.15, 0.2) is 11.5 Å². The van der Waals surface area contributed by atoms with Crippen molar-refractivity contribution in [2.24, 2.45) is 0 Å². The van der Waals surface area contributed by atoms with Crippen LogP contribution in [-0.2, 0) is 6.61 Å². The summed E-state index contributed by atoms with van der Waals surface area (Å²) in [5.74, 6) is 0.689. The van der Waals surface area contributed by atoms with Crippen LogP contribution in [0, 0.1) is 6.92 Å². The van der Waals surface area contributed by atoms with Crippen LogP contribution >= 0.6 is 15.9 Å². The van der Waals surface area contributed by atoms with Gasteiger partial charge in [0.1, 0.15) is 0 Å². The van der Waals surface area contributed by atoms with E-state index < -0.39 is 0 Å². The highest BCUT2D eigenvalue weighted by Crippen LogP contribution is 2.26. The largest absolute Gasteiger partial charge is 0.392 e. The van der Waals surface area contributed by atoms with Crippen molar-refractivity contribution in [3.8, 4) is 11.4 Å². The Kier molecular flexibility index (Phi) is 3.08. The van der Waals surface area contributed by atoms with E-state index in [4.69, 9.17) is 5.11 Å². The van der Waals surface area contributed by atoms with E-state index in [-0.39, 0.29) is 6.61 Å². The number of fused-ring (bicyclic) bond motifs is 1. The number of benzene rings is 1. The molecule has 5 heteroatoms. The van der Waals surface area contributed by atoms with Crippen LogP contribution < -0.4 is 0 Å². The predicted molar refractivity (Wildman–Crippen MR) is 76.8 cm³/mol. The van der Waals surface area contributed by atoms with Crippen LogP contribution in [0.25, 0.3) is 17.0 Å². The zero-order chi connectivity index (χ0) is 13.4. The molecular weight excluding hydrogens is 306 g/mol. The second-order valence-corrected chi connectivity index (χ2v) is 5.20. The lowest BCUT2D eigenvalue weighted by Gasteiger charge is -2.02. The van der Waals surface area contributed by atoms with Crippen molar-refractivity contribution in [1.29, 1.82) is 0 Å². The minimum Gasteiger partial charge on any atom is -0.392 e. The van der Waals surface area contributed by atoms with Gasteiger partial charge in [-0.15, -0.1) is 5.10 Å². The first-order chi connectivity index (χ1) is 9.19. The van der Waals surface area contributed by atoms with Crippen molar-refractivity contribution in [3.05, 3.63) is 52.1 Å². The van der Waals surface area contributed by atoms with Crippen molar-refractivity contribution in [3.63, 3.8) is 0 Å². The van der Waals surface area contributed by atoms with Crippen LogP contribution in [0.3, 0.4) is 0 Å². The number of aromatic nitrogens is 3. The smallest absolute Gasteiger partial charge is 0.182 e. The number of hydrogen-bond donors (Lipinski definition) is 1. The second-order valence-electron chi connectivity index (χ2n) is 4.35. The normalized spacial score (nSPS) is 11.1. The standard InChI is InChI=1S/C14H12BrN3O/c1-9-11(3-2-4-12(9)15)14-16-13-6-5-10(8-19)7-18(13)17-14/h2-7,19H,8H2,1H3. The van der Waals surface area contributed by atoms with Gasteiger partial charge in [-0.1, -0.05) is 34.1 Å². The lowest BCUT2D eigenvalue weighted by Crippen LogP contribution is -1.91. The van der Waals surface area contributed by atoms with Gasteiger partial charge in [-0.25, -0.2) is 9.50 Å². The quantitative estimate of drug-likeness (QED) is 0.790. The molecule has 0 aliphatic rings. The highest BCUT2D eigenvalue weighted by Gasteiger charge is 2.10. The summed E-state index contributed by atoms with van der Waals surface area (Å²) in [5.41, 5.74) is 3.70. The van der Waals surface area contributed by atoms with Crippen LogP contribution in [-0.4, -0.2) is 19.7 Å². The van der Waals surface area contributed by atoms with Gasteiger partial charge in [-0.3, -0.25) is 0 Å². The number of pyridine rings is 1. The molecule has 0 saturated heterocycles. The summed E-state index contributed by atoms with van der Waals surface area (Å²) in [6.07, 6.45) is 1.79. The molecule has 1 aromatic carbocycles. The van der Waals surface area contributed by atoms with Crippen molar-refractivity contribution >= 4 is 21.6 Å². The van der Waals surface area contributed by atoms with Crippen molar-refractivity contribution < 1.29 is 5.11 Å². The average molecular weight is 318 g/mol. The molecule has 4 nitrogen and oxygen atoms in total. The molecule has 19 heavy (non-hydrogen) atoms. The molecule has 0 unspecified atom stereocenters. The van der Waals surface area contributed by atoms with Crippen molar-refractivity contribution in [2.75, 3.05) is 0 Å². The van der Waals surface area contributed by atoms with E-state index in [1.54, 1.807) is 10.7 Å². The zero-order valence-electron chi connectivity index (χ0n) is 10.3. The molecule has 0 amide bonds. The fourth-order valence-electron chi connectivity index (χ4n) is 1.98. The summed E-state index contributed by atoms with van der Waals surface area (Å²) in [4.78, 5) is 4.51. The Morgan fingerprint density at radius 3 is 2.89 bits per heavy atom. The Hall–Kier alpha value is -1.72. The highest BCUT2D eigenvalue weighted by atomic mass is 79.9. The van der Waals surface area contributed by atoms with Gasteiger partial charge in [0.2, 0.25) is 0 Å². The molecule has 3 rings (SSSR count). The third-order valence-electron chi connectivity index (χ3n) is 3.08. The minimum absolute atomic E-state index is 0.00104. The maximum absolute atomic E-state index is 9.13. The average Bonchev–Trinajstić information content (AvgIpc) is 2.84. The Bertz CT molecular complexity index is 752. The molecule has 0 bridgehead atoms. The predicted octanol–water partition coefficient (Wildman–Crippen LogP) is 2.96. The number of halogens is 1. The number of hydrogen-bond acceptors (Lipinski definition) is 3. The summed E-state index contributed by atoms with van der Waals surface area (Å²) >= 11 is 3.51. The number of nitrogens with zero attached hydrogens (tertiary/aromatic N) is 3. The van der Waals surface area contributed by atoms with Gasteiger partial charge in [0, 0.05) is 16.2 Å². The number of aliphatic hydroxyl groups excluding tert-OH is 1. The summed E-state index contributed by atoms with van der Waals surface area (Å²) in [5, 5.41) is 13.6. The molecule has 0 saturated carbocycles. The van der Waals surface area contributed by atoms with Crippen LogP contribution in [0.4, 0.5) is 0 Å². The number of rotatable bonds is 2. The third kappa shape index (κ3) is 2.15. The lowest BCUT2D eigenvalue weighted by molar-refractivity contribution is 0.281. The monoisotopic (exact) mass is 317 g/mol. The molecule has 96 valence electrons. The van der Waals surface area contributed by atoms with Gasteiger partial charge in [-0.2, -0.15) is 0 Å². The third-order valence-corrected chi connectivity index (χ3v) is 3.94. The highest BCUT2D eigenvalue weighted by molar-refractivity contribution is 9.10. The first-order valence-electron chi connectivity index (χ1n) is 5.90. The Morgan fingerprint density at radius 1 is 1.26 bits per heavy atom. The van der Waals surface area contributed by atoms with Crippen molar-refractivity contribution in [2.45, 2.75) is 13.5 Å². The Morgan fingerprint density at radius 2 is 2.11 bits per heavy atom. The van der Waals surface area contributed by atoms with Crippen LogP contribution in [0.2, 0.25) is 0 Å². The van der Waals surface area contributed by atoms with Crippen LogP contribution in [0.15, 0.2) is 41.0 Å². The van der Waals surface area contributed by atoms with Gasteiger partial charge in [0.25, 0.3) is 0 Å². The molecule has 0 atom stereocenters. The SMILES string of the molecule is Cc1c(Br)cccc1-c1nc2ccc(CO)cn2n1. The van der Waals surface area contributed by atoms with E-state index in [0.29, 0.717) is 5.82 Å². The molecule has 0 spiro atoms. The minimum atomic E-state index is 0.00104.